The van der Waals surface area contributed by atoms with Gasteiger partial charge in [0, 0.05) is 18.7 Å². The van der Waals surface area contributed by atoms with Crippen LogP contribution in [-0.4, -0.2) is 19.9 Å². The maximum absolute atomic E-state index is 12.9. The third kappa shape index (κ3) is 3.12. The number of non-ortho nitro benzene ring substituents is 1. The maximum atomic E-state index is 12.9. The molecule has 1 aliphatic rings. The fourth-order valence-electron chi connectivity index (χ4n) is 2.98. The van der Waals surface area contributed by atoms with Crippen molar-refractivity contribution in [2.24, 2.45) is 0 Å². The van der Waals surface area contributed by atoms with Crippen molar-refractivity contribution in [3.63, 3.8) is 0 Å². The van der Waals surface area contributed by atoms with E-state index in [1.165, 1.54) is 16.4 Å². The summed E-state index contributed by atoms with van der Waals surface area (Å²) in [4.78, 5) is 10.5. The van der Waals surface area contributed by atoms with E-state index in [0.29, 0.717) is 18.7 Å². The van der Waals surface area contributed by atoms with E-state index in [1.807, 2.05) is 25.1 Å². The number of hydrogen-bond acceptors (Lipinski definition) is 4. The summed E-state index contributed by atoms with van der Waals surface area (Å²) in [6.45, 7) is 2.22. The molecule has 0 atom stereocenters. The second-order valence-corrected chi connectivity index (χ2v) is 7.82. The molecule has 24 heavy (non-hydrogen) atoms. The van der Waals surface area contributed by atoms with E-state index in [-0.39, 0.29) is 11.4 Å². The molecule has 0 saturated heterocycles. The van der Waals surface area contributed by atoms with E-state index in [0.717, 1.165) is 23.1 Å². The zero-order chi connectivity index (χ0) is 17.3. The quantitative estimate of drug-likeness (QED) is 0.629. The SMILES string of the molecule is Cc1ccccc1CS(=O)(=O)N1CCCc2ccc([N+](=O)[O-])cc21. The Morgan fingerprint density at radius 1 is 1.21 bits per heavy atom. The van der Waals surface area contributed by atoms with E-state index in [4.69, 9.17) is 0 Å². The molecule has 0 aromatic heterocycles. The van der Waals surface area contributed by atoms with E-state index in [9.17, 15) is 18.5 Å². The van der Waals surface area contributed by atoms with Crippen LogP contribution in [0, 0.1) is 17.0 Å². The lowest BCUT2D eigenvalue weighted by Gasteiger charge is -2.30. The van der Waals surface area contributed by atoms with Crippen molar-refractivity contribution in [2.45, 2.75) is 25.5 Å². The summed E-state index contributed by atoms with van der Waals surface area (Å²) in [6, 6.07) is 11.8. The molecule has 7 heteroatoms. The molecule has 0 bridgehead atoms. The second kappa shape index (κ2) is 6.24. The normalized spacial score (nSPS) is 14.3. The van der Waals surface area contributed by atoms with Crippen LogP contribution >= 0.6 is 0 Å². The Balaban J connectivity index is 2.00. The third-order valence-corrected chi connectivity index (χ3v) is 6.02. The number of rotatable bonds is 4. The Morgan fingerprint density at radius 2 is 1.96 bits per heavy atom. The van der Waals surface area contributed by atoms with Crippen LogP contribution in [0.5, 0.6) is 0 Å². The highest BCUT2D eigenvalue weighted by molar-refractivity contribution is 7.92. The Labute approximate surface area is 140 Å². The van der Waals surface area contributed by atoms with E-state index in [2.05, 4.69) is 0 Å². The summed E-state index contributed by atoms with van der Waals surface area (Å²) in [5.41, 5.74) is 2.84. The number of nitrogens with zero attached hydrogens (tertiary/aromatic N) is 2. The Bertz CT molecular complexity index is 893. The third-order valence-electron chi connectivity index (χ3n) is 4.29. The first-order valence-electron chi connectivity index (χ1n) is 7.71. The van der Waals surface area contributed by atoms with Crippen LogP contribution in [-0.2, 0) is 22.2 Å². The Hall–Kier alpha value is -2.41. The number of aryl methyl sites for hydroxylation is 2. The second-order valence-electron chi connectivity index (χ2n) is 5.93. The predicted molar refractivity (Wildman–Crippen MR) is 92.6 cm³/mol. The summed E-state index contributed by atoms with van der Waals surface area (Å²) >= 11 is 0. The molecule has 0 amide bonds. The average molecular weight is 346 g/mol. The van der Waals surface area contributed by atoms with Gasteiger partial charge in [-0.15, -0.1) is 0 Å². The van der Waals surface area contributed by atoms with Gasteiger partial charge in [0.2, 0.25) is 10.0 Å². The van der Waals surface area contributed by atoms with Gasteiger partial charge >= 0.3 is 0 Å². The lowest BCUT2D eigenvalue weighted by atomic mass is 10.0. The highest BCUT2D eigenvalue weighted by Crippen LogP contribution is 2.33. The number of anilines is 1. The van der Waals surface area contributed by atoms with Gasteiger partial charge < -0.3 is 0 Å². The zero-order valence-electron chi connectivity index (χ0n) is 13.3. The number of benzene rings is 2. The van der Waals surface area contributed by atoms with Crippen molar-refractivity contribution in [2.75, 3.05) is 10.8 Å². The van der Waals surface area contributed by atoms with Gasteiger partial charge in [-0.1, -0.05) is 30.3 Å². The minimum absolute atomic E-state index is 0.0910. The summed E-state index contributed by atoms with van der Waals surface area (Å²) in [6.07, 6.45) is 1.43. The molecule has 0 unspecified atom stereocenters. The highest BCUT2D eigenvalue weighted by Gasteiger charge is 2.29. The van der Waals surface area contributed by atoms with Gasteiger partial charge in [-0.25, -0.2) is 8.42 Å². The van der Waals surface area contributed by atoms with Crippen molar-refractivity contribution < 1.29 is 13.3 Å². The van der Waals surface area contributed by atoms with Crippen molar-refractivity contribution in [1.82, 2.24) is 0 Å². The van der Waals surface area contributed by atoms with Crippen LogP contribution in [0.3, 0.4) is 0 Å². The van der Waals surface area contributed by atoms with Crippen LogP contribution in [0.15, 0.2) is 42.5 Å². The number of nitro groups is 1. The minimum atomic E-state index is -3.60. The van der Waals surface area contributed by atoms with Crippen molar-refractivity contribution in [3.8, 4) is 0 Å². The molecule has 2 aromatic rings. The number of fused-ring (bicyclic) bond motifs is 1. The van der Waals surface area contributed by atoms with Crippen LogP contribution in [0.2, 0.25) is 0 Å². The zero-order valence-corrected chi connectivity index (χ0v) is 14.1. The Morgan fingerprint density at radius 3 is 2.67 bits per heavy atom. The average Bonchev–Trinajstić information content (AvgIpc) is 2.55. The number of hydrogen-bond donors (Lipinski definition) is 0. The largest absolute Gasteiger partial charge is 0.271 e. The number of sulfonamides is 1. The summed E-state index contributed by atoms with van der Waals surface area (Å²) in [5, 5.41) is 11.0. The van der Waals surface area contributed by atoms with Crippen molar-refractivity contribution >= 4 is 21.4 Å². The maximum Gasteiger partial charge on any atom is 0.271 e. The van der Waals surface area contributed by atoms with Gasteiger partial charge in [-0.2, -0.15) is 0 Å². The first-order valence-corrected chi connectivity index (χ1v) is 9.31. The van der Waals surface area contributed by atoms with Gasteiger partial charge in [0.05, 0.1) is 16.4 Å². The minimum Gasteiger partial charge on any atom is -0.269 e. The van der Waals surface area contributed by atoms with Gasteiger partial charge in [0.25, 0.3) is 5.69 Å². The van der Waals surface area contributed by atoms with E-state index >= 15 is 0 Å². The molecular formula is C17H18N2O4S. The highest BCUT2D eigenvalue weighted by atomic mass is 32.2. The molecule has 3 rings (SSSR count). The number of nitro benzene ring substituents is 1. The van der Waals surface area contributed by atoms with Crippen LogP contribution in [0.1, 0.15) is 23.1 Å². The predicted octanol–water partition coefficient (Wildman–Crippen LogP) is 3.19. The van der Waals surface area contributed by atoms with Crippen LogP contribution in [0.25, 0.3) is 0 Å². The van der Waals surface area contributed by atoms with E-state index < -0.39 is 14.9 Å². The standard InChI is InChI=1S/C17H18N2O4S/c1-13-5-2-3-6-15(13)12-24(22,23)18-10-4-7-14-8-9-16(19(20)21)11-17(14)18/h2-3,5-6,8-9,11H,4,7,10,12H2,1H3. The molecular weight excluding hydrogens is 328 g/mol. The fourth-order valence-corrected chi connectivity index (χ4v) is 4.73. The summed E-state index contributed by atoms with van der Waals surface area (Å²) < 4.78 is 27.1. The lowest BCUT2D eigenvalue weighted by Crippen LogP contribution is -2.36. The molecule has 0 radical (unpaired) electrons. The van der Waals surface area contributed by atoms with Gasteiger partial charge in [0.15, 0.2) is 0 Å². The Kier molecular flexibility index (Phi) is 4.28. The molecule has 6 nitrogen and oxygen atoms in total. The first-order chi connectivity index (χ1) is 11.4. The van der Waals surface area contributed by atoms with Gasteiger partial charge in [-0.05, 0) is 36.5 Å². The van der Waals surface area contributed by atoms with E-state index in [1.54, 1.807) is 12.1 Å². The van der Waals surface area contributed by atoms with Gasteiger partial charge in [0.1, 0.15) is 0 Å². The molecule has 2 aromatic carbocycles. The van der Waals surface area contributed by atoms with Crippen LogP contribution < -0.4 is 4.31 Å². The molecule has 0 saturated carbocycles. The lowest BCUT2D eigenvalue weighted by molar-refractivity contribution is -0.384. The van der Waals surface area contributed by atoms with Crippen LogP contribution in [0.4, 0.5) is 11.4 Å². The fraction of sp³-hybridized carbons (Fsp3) is 0.294. The molecule has 0 fully saturated rings. The topological polar surface area (TPSA) is 80.5 Å². The summed E-state index contributed by atoms with van der Waals surface area (Å²) in [7, 11) is -3.60. The summed E-state index contributed by atoms with van der Waals surface area (Å²) in [5.74, 6) is -0.109. The monoisotopic (exact) mass is 346 g/mol. The van der Waals surface area contributed by atoms with Gasteiger partial charge in [-0.3, -0.25) is 14.4 Å². The molecule has 0 aliphatic carbocycles. The molecule has 1 aliphatic heterocycles. The molecule has 1 heterocycles. The molecule has 126 valence electrons. The van der Waals surface area contributed by atoms with Crippen molar-refractivity contribution in [1.29, 1.82) is 0 Å². The molecule has 0 spiro atoms. The first kappa shape index (κ1) is 16.4. The smallest absolute Gasteiger partial charge is 0.269 e. The molecule has 0 N–H and O–H groups in total. The van der Waals surface area contributed by atoms with Crippen molar-refractivity contribution in [3.05, 3.63) is 69.3 Å².